The Morgan fingerprint density at radius 1 is 1.40 bits per heavy atom. The van der Waals surface area contributed by atoms with Crippen molar-refractivity contribution in [2.45, 2.75) is 20.3 Å². The first-order valence-corrected chi connectivity index (χ1v) is 7.33. The zero-order valence-corrected chi connectivity index (χ0v) is 13.0. The molecule has 110 valence electrons. The van der Waals surface area contributed by atoms with Crippen molar-refractivity contribution in [3.8, 4) is 0 Å². The van der Waals surface area contributed by atoms with Gasteiger partial charge in [-0.1, -0.05) is 13.8 Å². The second kappa shape index (κ2) is 5.77. The number of hydrogen-bond acceptors (Lipinski definition) is 2. The SMILES string of the molecule is CC(C)C1(C(=O)Nc2cc(F)c(Br)cc2F)CCNC1. The van der Waals surface area contributed by atoms with Gasteiger partial charge in [0.05, 0.1) is 15.6 Å². The highest BCUT2D eigenvalue weighted by atomic mass is 79.9. The van der Waals surface area contributed by atoms with Crippen molar-refractivity contribution < 1.29 is 13.6 Å². The molecule has 1 unspecified atom stereocenters. The average Bonchev–Trinajstić information content (AvgIpc) is 2.86. The molecule has 0 bridgehead atoms. The lowest BCUT2D eigenvalue weighted by Crippen LogP contribution is -2.42. The van der Waals surface area contributed by atoms with Crippen LogP contribution in [0.15, 0.2) is 16.6 Å². The van der Waals surface area contributed by atoms with Crippen LogP contribution in [0.2, 0.25) is 0 Å². The van der Waals surface area contributed by atoms with E-state index in [1.54, 1.807) is 0 Å². The highest BCUT2D eigenvalue weighted by Crippen LogP contribution is 2.36. The topological polar surface area (TPSA) is 41.1 Å². The molecule has 1 amide bonds. The molecular formula is C14H17BrF2N2O. The smallest absolute Gasteiger partial charge is 0.232 e. The molecule has 6 heteroatoms. The third kappa shape index (κ3) is 2.72. The molecule has 1 atom stereocenters. The van der Waals surface area contributed by atoms with Gasteiger partial charge in [0.25, 0.3) is 0 Å². The summed E-state index contributed by atoms with van der Waals surface area (Å²) in [6.45, 7) is 5.23. The first-order valence-electron chi connectivity index (χ1n) is 6.53. The van der Waals surface area contributed by atoms with Crippen LogP contribution in [0.1, 0.15) is 20.3 Å². The van der Waals surface area contributed by atoms with Crippen molar-refractivity contribution in [3.63, 3.8) is 0 Å². The van der Waals surface area contributed by atoms with Gasteiger partial charge in [-0.25, -0.2) is 8.78 Å². The molecule has 3 nitrogen and oxygen atoms in total. The van der Waals surface area contributed by atoms with Crippen LogP contribution in [-0.4, -0.2) is 19.0 Å². The van der Waals surface area contributed by atoms with Crippen LogP contribution in [0.25, 0.3) is 0 Å². The predicted octanol–water partition coefficient (Wildman–Crippen LogP) is 3.30. The number of anilines is 1. The Kier molecular flexibility index (Phi) is 4.44. The van der Waals surface area contributed by atoms with Crippen molar-refractivity contribution in [3.05, 3.63) is 28.2 Å². The predicted molar refractivity (Wildman–Crippen MR) is 77.4 cm³/mol. The van der Waals surface area contributed by atoms with Crippen LogP contribution in [0.4, 0.5) is 14.5 Å². The monoisotopic (exact) mass is 346 g/mol. The Balaban J connectivity index is 2.25. The summed E-state index contributed by atoms with van der Waals surface area (Å²) in [5.41, 5.74) is -0.696. The van der Waals surface area contributed by atoms with E-state index < -0.39 is 17.0 Å². The van der Waals surface area contributed by atoms with E-state index in [2.05, 4.69) is 26.6 Å². The van der Waals surface area contributed by atoms with Crippen molar-refractivity contribution in [2.24, 2.45) is 11.3 Å². The van der Waals surface area contributed by atoms with Crippen molar-refractivity contribution in [1.29, 1.82) is 0 Å². The highest BCUT2D eigenvalue weighted by Gasteiger charge is 2.44. The van der Waals surface area contributed by atoms with E-state index in [0.29, 0.717) is 13.0 Å². The molecule has 0 aromatic heterocycles. The maximum Gasteiger partial charge on any atom is 0.232 e. The molecule has 1 heterocycles. The lowest BCUT2D eigenvalue weighted by Gasteiger charge is -2.31. The van der Waals surface area contributed by atoms with Crippen LogP contribution >= 0.6 is 15.9 Å². The van der Waals surface area contributed by atoms with Gasteiger partial charge in [-0.05, 0) is 40.9 Å². The normalized spacial score (nSPS) is 22.3. The van der Waals surface area contributed by atoms with Gasteiger partial charge in [-0.2, -0.15) is 0 Å². The van der Waals surface area contributed by atoms with E-state index in [-0.39, 0.29) is 22.0 Å². The summed E-state index contributed by atoms with van der Waals surface area (Å²) in [5, 5.41) is 5.69. The fraction of sp³-hybridized carbons (Fsp3) is 0.500. The molecule has 1 aromatic carbocycles. The van der Waals surface area contributed by atoms with E-state index in [1.165, 1.54) is 0 Å². The first kappa shape index (κ1) is 15.4. The number of rotatable bonds is 3. The van der Waals surface area contributed by atoms with Gasteiger partial charge in [-0.3, -0.25) is 4.79 Å². The fourth-order valence-electron chi connectivity index (χ4n) is 2.53. The van der Waals surface area contributed by atoms with E-state index in [0.717, 1.165) is 18.7 Å². The second-order valence-corrected chi connectivity index (χ2v) is 6.29. The molecule has 2 rings (SSSR count). The zero-order chi connectivity index (χ0) is 14.9. The Labute approximate surface area is 125 Å². The van der Waals surface area contributed by atoms with Gasteiger partial charge in [0.2, 0.25) is 5.91 Å². The minimum absolute atomic E-state index is 0.0362. The summed E-state index contributed by atoms with van der Waals surface area (Å²) in [6, 6.07) is 2.01. The molecule has 0 radical (unpaired) electrons. The molecule has 1 aromatic rings. The van der Waals surface area contributed by atoms with Gasteiger partial charge in [0, 0.05) is 12.6 Å². The Hall–Kier alpha value is -1.01. The number of amides is 1. The van der Waals surface area contributed by atoms with Crippen molar-refractivity contribution >= 4 is 27.5 Å². The van der Waals surface area contributed by atoms with Gasteiger partial charge >= 0.3 is 0 Å². The summed E-state index contributed by atoms with van der Waals surface area (Å²) in [7, 11) is 0. The van der Waals surface area contributed by atoms with E-state index in [9.17, 15) is 13.6 Å². The molecule has 1 fully saturated rings. The molecule has 1 saturated heterocycles. The number of hydrogen-bond donors (Lipinski definition) is 2. The Bertz CT molecular complexity index is 528. The van der Waals surface area contributed by atoms with Crippen LogP contribution in [-0.2, 0) is 4.79 Å². The third-order valence-electron chi connectivity index (χ3n) is 4.00. The van der Waals surface area contributed by atoms with Crippen LogP contribution in [0.5, 0.6) is 0 Å². The molecule has 1 aliphatic rings. The van der Waals surface area contributed by atoms with Gasteiger partial charge in [-0.15, -0.1) is 0 Å². The van der Waals surface area contributed by atoms with Crippen molar-refractivity contribution in [1.82, 2.24) is 5.32 Å². The number of carbonyl (C=O) groups excluding carboxylic acids is 1. The quantitative estimate of drug-likeness (QED) is 0.824. The fourth-order valence-corrected chi connectivity index (χ4v) is 2.84. The summed E-state index contributed by atoms with van der Waals surface area (Å²) >= 11 is 2.91. The number of benzene rings is 1. The Morgan fingerprint density at radius 2 is 2.10 bits per heavy atom. The van der Waals surface area contributed by atoms with Gasteiger partial charge in [0.1, 0.15) is 11.6 Å². The zero-order valence-electron chi connectivity index (χ0n) is 11.4. The molecule has 0 spiro atoms. The average molecular weight is 347 g/mol. The van der Waals surface area contributed by atoms with Gasteiger partial charge < -0.3 is 10.6 Å². The molecule has 2 N–H and O–H groups in total. The van der Waals surface area contributed by atoms with E-state index in [1.807, 2.05) is 13.8 Å². The highest BCUT2D eigenvalue weighted by molar-refractivity contribution is 9.10. The molecule has 0 aliphatic carbocycles. The largest absolute Gasteiger partial charge is 0.323 e. The van der Waals surface area contributed by atoms with E-state index >= 15 is 0 Å². The minimum Gasteiger partial charge on any atom is -0.323 e. The first-order chi connectivity index (χ1) is 9.36. The minimum atomic E-state index is -0.656. The van der Waals surface area contributed by atoms with Gasteiger partial charge in [0.15, 0.2) is 0 Å². The van der Waals surface area contributed by atoms with Crippen molar-refractivity contribution in [2.75, 3.05) is 18.4 Å². The second-order valence-electron chi connectivity index (χ2n) is 5.44. The molecule has 20 heavy (non-hydrogen) atoms. The molecule has 1 aliphatic heterocycles. The molecule has 0 saturated carbocycles. The lowest BCUT2D eigenvalue weighted by atomic mass is 9.75. The van der Waals surface area contributed by atoms with Crippen LogP contribution in [0, 0.1) is 23.0 Å². The Morgan fingerprint density at radius 3 is 2.65 bits per heavy atom. The summed E-state index contributed by atoms with van der Waals surface area (Å²) in [6.07, 6.45) is 0.692. The maximum atomic E-state index is 13.8. The lowest BCUT2D eigenvalue weighted by molar-refractivity contribution is -0.126. The summed E-state index contributed by atoms with van der Waals surface area (Å²) < 4.78 is 27.3. The number of halogens is 3. The third-order valence-corrected chi connectivity index (χ3v) is 4.61. The summed E-state index contributed by atoms with van der Waals surface area (Å²) in [5.74, 6) is -1.42. The maximum absolute atomic E-state index is 13.8. The number of carbonyl (C=O) groups is 1. The summed E-state index contributed by atoms with van der Waals surface area (Å²) in [4.78, 5) is 12.5. The van der Waals surface area contributed by atoms with Crippen LogP contribution in [0.3, 0.4) is 0 Å². The molecular weight excluding hydrogens is 330 g/mol. The van der Waals surface area contributed by atoms with Crippen LogP contribution < -0.4 is 10.6 Å². The number of nitrogens with one attached hydrogen (secondary N) is 2. The standard InChI is InChI=1S/C14H17BrF2N2O/c1-8(2)14(3-4-18-7-14)13(20)19-12-6-10(16)9(15)5-11(12)17/h5-6,8,18H,3-4,7H2,1-2H3,(H,19,20). The van der Waals surface area contributed by atoms with E-state index in [4.69, 9.17) is 0 Å².